The maximum atomic E-state index is 13.8. The van der Waals surface area contributed by atoms with Crippen molar-refractivity contribution in [3.05, 3.63) is 39.8 Å². The van der Waals surface area contributed by atoms with E-state index in [9.17, 15) is 32.0 Å². The molecule has 13 heteroatoms. The molecule has 2 aliphatic heterocycles. The monoisotopic (exact) mass is 786 g/mol. The molecule has 7 nitrogen and oxygen atoms in total. The molecule has 53 heavy (non-hydrogen) atoms. The van der Waals surface area contributed by atoms with Crippen molar-refractivity contribution < 1.29 is 41.5 Å². The minimum absolute atomic E-state index is 0.0906. The quantitative estimate of drug-likeness (QED) is 0.138. The highest BCUT2D eigenvalue weighted by Crippen LogP contribution is 2.63. The summed E-state index contributed by atoms with van der Waals surface area (Å²) in [6, 6.07) is 6.61. The average molecular weight is 787 g/mol. The van der Waals surface area contributed by atoms with Gasteiger partial charge in [-0.05, 0) is 147 Å². The van der Waals surface area contributed by atoms with Gasteiger partial charge in [0.25, 0.3) is 0 Å². The Morgan fingerprint density at radius 1 is 1.09 bits per heavy atom. The van der Waals surface area contributed by atoms with Crippen LogP contribution in [0.15, 0.2) is 28.7 Å². The number of piperidine rings is 1. The standard InChI is InChI=1S/C40H59F4N2O5PS/c1-26(27(2)53(49)23-4-15-39(41,42)40(43,44)52)6-7-28-24-29-25-31(8-9-32(29)33-12-16-38(3)34(36(28)33)10-11-35(38)47)51-37(48)46-18-13-30(14-19-46)45-17-5-21-50-22-20-45/h8-9,25,28,30,33-36,47H,4-7,10-24,52H2,1-3H3/b27-26-/t28-,33-,34+,35+,36-,38+,53?/m1/s1. The molecule has 1 N–H and O–H groups in total. The van der Waals surface area contributed by atoms with Gasteiger partial charge in [-0.1, -0.05) is 22.2 Å². The zero-order chi connectivity index (χ0) is 38.1. The maximum Gasteiger partial charge on any atom is 0.415 e. The minimum atomic E-state index is -4.20. The van der Waals surface area contributed by atoms with E-state index in [1.54, 1.807) is 6.92 Å². The number of hydrogen-bond acceptors (Lipinski definition) is 6. The Bertz CT molecular complexity index is 1460. The van der Waals surface area contributed by atoms with Crippen LogP contribution < -0.4 is 4.74 Å². The fourth-order valence-corrected chi connectivity index (χ4v) is 11.7. The number of amides is 1. The first-order chi connectivity index (χ1) is 25.1. The van der Waals surface area contributed by atoms with Crippen LogP contribution in [0.3, 0.4) is 0 Å². The van der Waals surface area contributed by atoms with Crippen molar-refractivity contribution in [2.24, 2.45) is 23.2 Å². The molecule has 4 fully saturated rings. The summed E-state index contributed by atoms with van der Waals surface area (Å²) < 4.78 is 78.7. The topological polar surface area (TPSA) is 85.3 Å². The number of allylic oxidation sites excluding steroid dienone is 2. The molecule has 8 atom stereocenters. The zero-order valence-corrected chi connectivity index (χ0v) is 33.6. The fraction of sp³-hybridized carbons (Fsp3) is 0.775. The first-order valence-corrected chi connectivity index (χ1v) is 21.7. The van der Waals surface area contributed by atoms with Gasteiger partial charge in [0.15, 0.2) is 0 Å². The van der Waals surface area contributed by atoms with Crippen molar-refractivity contribution in [1.29, 1.82) is 0 Å². The number of hydrogen-bond donors (Lipinski definition) is 1. The number of ether oxygens (including phenoxy) is 2. The number of likely N-dealkylation sites (tertiary alicyclic amines) is 1. The summed E-state index contributed by atoms with van der Waals surface area (Å²) in [6.45, 7) is 10.8. The van der Waals surface area contributed by atoms with E-state index in [0.717, 1.165) is 98.9 Å². The number of carbonyl (C=O) groups excluding carboxylic acids is 1. The molecule has 2 unspecified atom stereocenters. The Balaban J connectivity index is 1.12. The van der Waals surface area contributed by atoms with Gasteiger partial charge in [-0.3, -0.25) is 4.90 Å². The summed E-state index contributed by atoms with van der Waals surface area (Å²) in [6.07, 6.45) is 7.04. The lowest BCUT2D eigenvalue weighted by molar-refractivity contribution is -0.156. The van der Waals surface area contributed by atoms with Crippen LogP contribution in [0.4, 0.5) is 22.4 Å². The van der Waals surface area contributed by atoms with Gasteiger partial charge in [0.1, 0.15) is 16.4 Å². The molecule has 1 amide bonds. The van der Waals surface area contributed by atoms with Crippen LogP contribution in [-0.2, 0) is 22.3 Å². The third-order valence-electron chi connectivity index (χ3n) is 13.7. The van der Waals surface area contributed by atoms with E-state index in [1.807, 2.05) is 17.9 Å². The maximum absolute atomic E-state index is 13.8. The third kappa shape index (κ3) is 9.09. The molecule has 3 aliphatic carbocycles. The van der Waals surface area contributed by atoms with Crippen molar-refractivity contribution in [2.45, 2.75) is 127 Å². The van der Waals surface area contributed by atoms with Gasteiger partial charge in [0, 0.05) is 52.2 Å². The second-order valence-electron chi connectivity index (χ2n) is 16.7. The highest BCUT2D eigenvalue weighted by Gasteiger charge is 2.56. The molecule has 0 spiro atoms. The molecule has 298 valence electrons. The molecule has 6 rings (SSSR count). The molecular formula is C40H59F4N2O5PS. The largest absolute Gasteiger partial charge is 0.612 e. The van der Waals surface area contributed by atoms with E-state index in [2.05, 4.69) is 24.0 Å². The molecule has 2 saturated carbocycles. The van der Waals surface area contributed by atoms with Gasteiger partial charge < -0.3 is 24.0 Å². The van der Waals surface area contributed by atoms with E-state index in [4.69, 9.17) is 9.47 Å². The third-order valence-corrected chi connectivity index (χ3v) is 15.8. The number of nitrogens with zero attached hydrogens (tertiary/aromatic N) is 2. The van der Waals surface area contributed by atoms with E-state index in [0.29, 0.717) is 54.0 Å². The summed E-state index contributed by atoms with van der Waals surface area (Å²) in [5.41, 5.74) is -0.874. The van der Waals surface area contributed by atoms with Crippen molar-refractivity contribution in [1.82, 2.24) is 9.80 Å². The van der Waals surface area contributed by atoms with Gasteiger partial charge in [-0.25, -0.2) is 4.79 Å². The number of fused-ring (bicyclic) bond motifs is 5. The lowest BCUT2D eigenvalue weighted by Gasteiger charge is -2.53. The Hall–Kier alpha value is -1.43. The smallest absolute Gasteiger partial charge is 0.415 e. The highest BCUT2D eigenvalue weighted by atomic mass is 32.2. The summed E-state index contributed by atoms with van der Waals surface area (Å²) >= 11 is -1.54. The summed E-state index contributed by atoms with van der Waals surface area (Å²) in [7, 11) is 0.910. The van der Waals surface area contributed by atoms with Gasteiger partial charge >= 0.3 is 17.7 Å². The van der Waals surface area contributed by atoms with Crippen molar-refractivity contribution >= 4 is 26.5 Å². The average Bonchev–Trinajstić information content (AvgIpc) is 3.26. The number of benzene rings is 1. The number of aliphatic hydroxyl groups is 1. The lowest BCUT2D eigenvalue weighted by Crippen LogP contribution is -2.48. The highest BCUT2D eigenvalue weighted by molar-refractivity contribution is 7.95. The number of halogens is 4. The predicted molar refractivity (Wildman–Crippen MR) is 203 cm³/mol. The van der Waals surface area contributed by atoms with Crippen LogP contribution in [-0.4, -0.2) is 94.4 Å². The van der Waals surface area contributed by atoms with E-state index in [-0.39, 0.29) is 35.7 Å². The van der Waals surface area contributed by atoms with E-state index < -0.39 is 29.2 Å². The number of alkyl halides is 4. The van der Waals surface area contributed by atoms with Gasteiger partial charge in [0.2, 0.25) is 0 Å². The van der Waals surface area contributed by atoms with Crippen molar-refractivity contribution in [2.75, 3.05) is 45.1 Å². The van der Waals surface area contributed by atoms with Crippen LogP contribution in [0.1, 0.15) is 108 Å². The van der Waals surface area contributed by atoms with Gasteiger partial charge in [-0.15, -0.1) is 0 Å². The number of aliphatic hydroxyl groups excluding tert-OH is 1. The van der Waals surface area contributed by atoms with E-state index >= 15 is 0 Å². The van der Waals surface area contributed by atoms with Crippen LogP contribution in [0.5, 0.6) is 5.75 Å². The lowest BCUT2D eigenvalue weighted by atomic mass is 9.52. The molecule has 1 aromatic rings. The molecule has 1 aromatic carbocycles. The van der Waals surface area contributed by atoms with Crippen LogP contribution >= 0.6 is 9.24 Å². The predicted octanol–water partition coefficient (Wildman–Crippen LogP) is 8.52. The normalized spacial score (nSPS) is 31.2. The van der Waals surface area contributed by atoms with Crippen LogP contribution in [0, 0.1) is 23.2 Å². The van der Waals surface area contributed by atoms with Crippen molar-refractivity contribution in [3.63, 3.8) is 0 Å². The Labute approximate surface area is 318 Å². The van der Waals surface area contributed by atoms with Gasteiger partial charge in [0.05, 0.1) is 12.7 Å². The first kappa shape index (κ1) is 41.2. The number of rotatable bonds is 11. The van der Waals surface area contributed by atoms with Crippen LogP contribution in [0.2, 0.25) is 0 Å². The minimum Gasteiger partial charge on any atom is -0.612 e. The Morgan fingerprint density at radius 3 is 2.58 bits per heavy atom. The molecule has 0 aromatic heterocycles. The molecule has 2 saturated heterocycles. The Morgan fingerprint density at radius 2 is 1.85 bits per heavy atom. The molecule has 0 bridgehead atoms. The zero-order valence-electron chi connectivity index (χ0n) is 31.6. The summed E-state index contributed by atoms with van der Waals surface area (Å²) in [5, 5.41) is 11.1. The Kier molecular flexibility index (Phi) is 13.2. The SMILES string of the molecule is C/C(CC[C@@H]1Cc2cc(OC(=O)N3CCC(N4CCCOCC4)CC3)ccc2[C@H]2CC[C@]3(C)[C@@H](O)CC[C@H]3[C@H]12)=C(\C)[S+]([O-])CCCC(F)(F)C(F)(F)P. The molecule has 5 aliphatic rings. The van der Waals surface area contributed by atoms with Gasteiger partial charge in [-0.2, -0.15) is 17.6 Å². The van der Waals surface area contributed by atoms with Crippen LogP contribution in [0.25, 0.3) is 0 Å². The summed E-state index contributed by atoms with van der Waals surface area (Å²) in [4.78, 5) is 18.3. The molecule has 0 radical (unpaired) electrons. The molecular weight excluding hydrogens is 727 g/mol. The first-order valence-electron chi connectivity index (χ1n) is 19.8. The second-order valence-corrected chi connectivity index (χ2v) is 19.1. The van der Waals surface area contributed by atoms with E-state index in [1.165, 1.54) is 11.1 Å². The summed E-state index contributed by atoms with van der Waals surface area (Å²) in [5.74, 6) is -2.32. The van der Waals surface area contributed by atoms with Crippen molar-refractivity contribution in [3.8, 4) is 5.75 Å². The number of carbonyl (C=O) groups is 1. The fourth-order valence-electron chi connectivity index (χ4n) is 10.3. The molecule has 2 heterocycles. The second kappa shape index (κ2) is 17.0.